The number of aliphatic hydroxyl groups excluding tert-OH is 1. The lowest BCUT2D eigenvalue weighted by Gasteiger charge is -2.59. The minimum Gasteiger partial charge on any atom is -0.477 e. The zero-order chi connectivity index (χ0) is 23.5. The molecule has 2 N–H and O–H groups in total. The Morgan fingerprint density at radius 1 is 0.935 bits per heavy atom. The highest BCUT2D eigenvalue weighted by Gasteiger charge is 2.79. The van der Waals surface area contributed by atoms with Crippen molar-refractivity contribution in [3.63, 3.8) is 0 Å². The highest BCUT2D eigenvalue weighted by molar-refractivity contribution is 5.84. The number of hydrogen-bond donors (Lipinski definition) is 2. The van der Waals surface area contributed by atoms with Crippen molar-refractivity contribution in [2.45, 2.75) is 61.9 Å². The normalized spacial score (nSPS) is 32.6. The molecule has 0 amide bonds. The second kappa shape index (κ2) is 7.24. The van der Waals surface area contributed by atoms with Crippen LogP contribution in [0.1, 0.15) is 38.5 Å². The Hall–Kier alpha value is -2.05. The number of carboxylic acids is 1. The number of hydrogen-bond acceptors (Lipinski definition) is 6. The molecule has 0 saturated heterocycles. The van der Waals surface area contributed by atoms with Gasteiger partial charge in [-0.05, 0) is 43.9 Å². The number of halogens is 6. The van der Waals surface area contributed by atoms with Gasteiger partial charge in [0.2, 0.25) is 0 Å². The van der Waals surface area contributed by atoms with Crippen LogP contribution < -0.4 is 0 Å². The lowest BCUT2D eigenvalue weighted by molar-refractivity contribution is -0.306. The Labute approximate surface area is 171 Å². The number of aliphatic hydroxyl groups is 1. The number of carbonyl (C=O) groups is 3. The smallest absolute Gasteiger partial charge is 0.411 e. The molecule has 4 aliphatic rings. The van der Waals surface area contributed by atoms with Gasteiger partial charge in [-0.15, -0.1) is 0 Å². The largest absolute Gasteiger partial charge is 0.477 e. The van der Waals surface area contributed by atoms with Gasteiger partial charge < -0.3 is 19.7 Å². The van der Waals surface area contributed by atoms with Gasteiger partial charge in [0.25, 0.3) is 0 Å². The maximum absolute atomic E-state index is 14.1. The molecule has 13 heteroatoms. The van der Waals surface area contributed by atoms with Crippen LogP contribution >= 0.6 is 0 Å². The van der Waals surface area contributed by atoms with E-state index in [4.69, 9.17) is 19.7 Å². The molecular formula is C18H20F6O7. The quantitative estimate of drug-likeness (QED) is 0.421. The summed E-state index contributed by atoms with van der Waals surface area (Å²) in [6.45, 7) is -0.787. The van der Waals surface area contributed by atoms with Crippen molar-refractivity contribution in [3.8, 4) is 0 Å². The summed E-state index contributed by atoms with van der Waals surface area (Å²) >= 11 is 0. The van der Waals surface area contributed by atoms with Crippen LogP contribution in [0.3, 0.4) is 0 Å². The van der Waals surface area contributed by atoms with E-state index in [2.05, 4.69) is 0 Å². The van der Waals surface area contributed by atoms with Crippen molar-refractivity contribution in [2.24, 2.45) is 17.3 Å². The summed E-state index contributed by atoms with van der Waals surface area (Å²) < 4.78 is 91.7. The Morgan fingerprint density at radius 2 is 1.48 bits per heavy atom. The van der Waals surface area contributed by atoms with E-state index in [0.29, 0.717) is 6.42 Å². The Kier molecular flexibility index (Phi) is 5.51. The SMILES string of the molecule is O=C(OCCO)C12CC3CC(CC(OC(=O)C(F)(F)C(F)(F)C(F)(F)C(=O)O)(C3)C1)C2. The topological polar surface area (TPSA) is 110 Å². The summed E-state index contributed by atoms with van der Waals surface area (Å²) in [4.78, 5) is 34.9. The number of carbonyl (C=O) groups excluding carboxylic acids is 2. The maximum atomic E-state index is 14.1. The van der Waals surface area contributed by atoms with Crippen molar-refractivity contribution in [1.82, 2.24) is 0 Å². The summed E-state index contributed by atoms with van der Waals surface area (Å²) in [5, 5.41) is 17.0. The standard InChI is InChI=1S/C18H20F6O7/c19-16(20,11(26)27)18(23,24)17(21,22)13(29)31-15-6-9-3-10(7-15)5-14(4-9,8-15)12(28)30-2-1-25/h9-10,25H,1-8H2,(H,26,27). The van der Waals surface area contributed by atoms with Crippen LogP contribution in [-0.2, 0) is 23.9 Å². The molecule has 0 aromatic heterocycles. The second-order valence-corrected chi connectivity index (χ2v) is 8.70. The first-order valence-electron chi connectivity index (χ1n) is 9.51. The number of carboxylic acid groups (broad SMARTS) is 1. The summed E-state index contributed by atoms with van der Waals surface area (Å²) in [6, 6.07) is 0. The summed E-state index contributed by atoms with van der Waals surface area (Å²) in [6.07, 6.45) is 0.786. The van der Waals surface area contributed by atoms with Gasteiger partial charge in [0, 0.05) is 6.42 Å². The van der Waals surface area contributed by atoms with Gasteiger partial charge >= 0.3 is 35.7 Å². The van der Waals surface area contributed by atoms with Crippen molar-refractivity contribution in [3.05, 3.63) is 0 Å². The van der Waals surface area contributed by atoms with Crippen LogP contribution in [0.15, 0.2) is 0 Å². The van der Waals surface area contributed by atoms with Crippen LogP contribution in [0.2, 0.25) is 0 Å². The summed E-state index contributed by atoms with van der Waals surface area (Å²) in [7, 11) is 0. The van der Waals surface area contributed by atoms with E-state index in [-0.39, 0.29) is 50.5 Å². The minimum atomic E-state index is -6.55. The molecule has 7 nitrogen and oxygen atoms in total. The second-order valence-electron chi connectivity index (χ2n) is 8.70. The van der Waals surface area contributed by atoms with E-state index < -0.39 is 53.3 Å². The average Bonchev–Trinajstić information content (AvgIpc) is 2.63. The monoisotopic (exact) mass is 462 g/mol. The fourth-order valence-electron chi connectivity index (χ4n) is 5.55. The Balaban J connectivity index is 1.85. The van der Waals surface area contributed by atoms with Gasteiger partial charge in [-0.1, -0.05) is 0 Å². The van der Waals surface area contributed by atoms with Gasteiger partial charge in [0.15, 0.2) is 0 Å². The molecule has 4 aliphatic carbocycles. The van der Waals surface area contributed by atoms with Crippen LogP contribution in [-0.4, -0.2) is 64.7 Å². The fraction of sp³-hybridized carbons (Fsp3) is 0.833. The number of rotatable bonds is 8. The molecule has 0 aliphatic heterocycles. The zero-order valence-corrected chi connectivity index (χ0v) is 16.0. The van der Waals surface area contributed by atoms with Crippen LogP contribution in [0.4, 0.5) is 26.3 Å². The fourth-order valence-corrected chi connectivity index (χ4v) is 5.55. The van der Waals surface area contributed by atoms with Gasteiger partial charge in [-0.2, -0.15) is 26.3 Å². The van der Waals surface area contributed by atoms with E-state index >= 15 is 0 Å². The molecule has 0 aromatic rings. The number of aliphatic carboxylic acids is 1. The first-order valence-corrected chi connectivity index (χ1v) is 9.51. The minimum absolute atomic E-state index is 0.0265. The third-order valence-electron chi connectivity index (χ3n) is 6.39. The molecular weight excluding hydrogens is 442 g/mol. The number of alkyl halides is 6. The summed E-state index contributed by atoms with van der Waals surface area (Å²) in [5.41, 5.74) is -3.00. The van der Waals surface area contributed by atoms with E-state index in [9.17, 15) is 40.7 Å². The van der Waals surface area contributed by atoms with Crippen LogP contribution in [0.25, 0.3) is 0 Å². The van der Waals surface area contributed by atoms with Crippen molar-refractivity contribution in [1.29, 1.82) is 0 Å². The molecule has 0 spiro atoms. The Bertz CT molecular complexity index is 769. The van der Waals surface area contributed by atoms with Gasteiger partial charge in [-0.3, -0.25) is 4.79 Å². The average molecular weight is 462 g/mol. The van der Waals surface area contributed by atoms with E-state index in [1.54, 1.807) is 0 Å². The van der Waals surface area contributed by atoms with Crippen molar-refractivity contribution in [2.75, 3.05) is 13.2 Å². The number of ether oxygens (including phenoxy) is 2. The molecule has 0 radical (unpaired) electrons. The molecule has 4 bridgehead atoms. The predicted molar refractivity (Wildman–Crippen MR) is 86.5 cm³/mol. The third kappa shape index (κ3) is 3.54. The molecule has 4 rings (SSSR count). The lowest BCUT2D eigenvalue weighted by atomic mass is 9.48. The van der Waals surface area contributed by atoms with Crippen LogP contribution in [0.5, 0.6) is 0 Å². The highest BCUT2D eigenvalue weighted by atomic mass is 19.3. The first kappa shape index (κ1) is 23.6. The van der Waals surface area contributed by atoms with Gasteiger partial charge in [0.05, 0.1) is 12.0 Å². The van der Waals surface area contributed by atoms with E-state index in [1.807, 2.05) is 0 Å². The lowest BCUT2D eigenvalue weighted by Crippen LogP contribution is -2.64. The van der Waals surface area contributed by atoms with Gasteiger partial charge in [-0.25, -0.2) is 9.59 Å². The molecule has 31 heavy (non-hydrogen) atoms. The molecule has 176 valence electrons. The zero-order valence-electron chi connectivity index (χ0n) is 16.0. The summed E-state index contributed by atoms with van der Waals surface area (Å²) in [5.74, 6) is -26.7. The number of esters is 2. The first-order chi connectivity index (χ1) is 14.1. The van der Waals surface area contributed by atoms with Crippen molar-refractivity contribution >= 4 is 17.9 Å². The predicted octanol–water partition coefficient (Wildman–Crippen LogP) is 2.39. The van der Waals surface area contributed by atoms with E-state index in [1.165, 1.54) is 0 Å². The van der Waals surface area contributed by atoms with Crippen molar-refractivity contribution < 1.29 is 60.4 Å². The molecule has 0 heterocycles. The maximum Gasteiger partial charge on any atom is 0.411 e. The molecule has 2 atom stereocenters. The van der Waals surface area contributed by atoms with Crippen LogP contribution in [0, 0.1) is 17.3 Å². The molecule has 2 unspecified atom stereocenters. The van der Waals surface area contributed by atoms with E-state index in [0.717, 1.165) is 0 Å². The Morgan fingerprint density at radius 3 is 1.97 bits per heavy atom. The molecule has 0 aromatic carbocycles. The molecule has 4 fully saturated rings. The third-order valence-corrected chi connectivity index (χ3v) is 6.39. The van der Waals surface area contributed by atoms with Gasteiger partial charge in [0.1, 0.15) is 12.2 Å². The highest BCUT2D eigenvalue weighted by Crippen LogP contribution is 2.63. The molecule has 4 saturated carbocycles.